The topological polar surface area (TPSA) is 54.0 Å². The van der Waals surface area contributed by atoms with Gasteiger partial charge in [-0.1, -0.05) is 30.3 Å². The van der Waals surface area contributed by atoms with Gasteiger partial charge < -0.3 is 10.6 Å². The lowest BCUT2D eigenvalue weighted by Crippen LogP contribution is -2.32. The lowest BCUT2D eigenvalue weighted by molar-refractivity contribution is -0.117. The van der Waals surface area contributed by atoms with E-state index in [9.17, 15) is 4.79 Å². The van der Waals surface area contributed by atoms with Crippen LogP contribution in [0.15, 0.2) is 42.6 Å². The number of benzene rings is 1. The molecule has 0 saturated carbocycles. The van der Waals surface area contributed by atoms with Crippen LogP contribution in [-0.2, 0) is 4.79 Å². The Bertz CT molecular complexity index is 595. The van der Waals surface area contributed by atoms with Gasteiger partial charge in [0, 0.05) is 6.20 Å². The van der Waals surface area contributed by atoms with Crippen LogP contribution in [0.2, 0.25) is 0 Å². The van der Waals surface area contributed by atoms with Crippen molar-refractivity contribution < 1.29 is 4.79 Å². The van der Waals surface area contributed by atoms with Gasteiger partial charge in [0.1, 0.15) is 6.04 Å². The summed E-state index contributed by atoms with van der Waals surface area (Å²) in [5.74, 6) is 0.662. The van der Waals surface area contributed by atoms with Gasteiger partial charge in [-0.05, 0) is 24.1 Å². The van der Waals surface area contributed by atoms with Crippen molar-refractivity contribution in [2.75, 3.05) is 10.6 Å². The molecular weight excluding hydrogens is 226 g/mol. The summed E-state index contributed by atoms with van der Waals surface area (Å²) in [6.45, 7) is 1.95. The number of hydrogen-bond acceptors (Lipinski definition) is 3. The first-order valence-corrected chi connectivity index (χ1v) is 5.83. The van der Waals surface area contributed by atoms with Crippen LogP contribution in [0, 0.1) is 6.92 Å². The Morgan fingerprint density at radius 3 is 2.78 bits per heavy atom. The zero-order chi connectivity index (χ0) is 12.5. The van der Waals surface area contributed by atoms with E-state index in [1.165, 1.54) is 0 Å². The summed E-state index contributed by atoms with van der Waals surface area (Å²) in [4.78, 5) is 16.4. The Balaban J connectivity index is 1.97. The van der Waals surface area contributed by atoms with Crippen LogP contribution >= 0.6 is 0 Å². The molecule has 0 bridgehead atoms. The predicted octanol–water partition coefficient (Wildman–Crippen LogP) is 2.50. The van der Waals surface area contributed by atoms with E-state index in [0.29, 0.717) is 5.82 Å². The van der Waals surface area contributed by atoms with E-state index >= 15 is 0 Å². The zero-order valence-corrected chi connectivity index (χ0v) is 9.97. The highest BCUT2D eigenvalue weighted by molar-refractivity contribution is 6.02. The molecule has 18 heavy (non-hydrogen) atoms. The van der Waals surface area contributed by atoms with Gasteiger partial charge in [0.15, 0.2) is 5.82 Å². The van der Waals surface area contributed by atoms with E-state index in [4.69, 9.17) is 0 Å². The molecule has 3 rings (SSSR count). The lowest BCUT2D eigenvalue weighted by atomic mass is 10.0. The average molecular weight is 239 g/mol. The molecule has 2 heterocycles. The monoisotopic (exact) mass is 239 g/mol. The molecule has 90 valence electrons. The summed E-state index contributed by atoms with van der Waals surface area (Å²) in [5.41, 5.74) is 2.70. The number of amides is 1. The molecule has 4 heteroatoms. The van der Waals surface area contributed by atoms with E-state index in [1.54, 1.807) is 6.20 Å². The average Bonchev–Trinajstić information content (AvgIpc) is 2.39. The zero-order valence-electron chi connectivity index (χ0n) is 9.97. The van der Waals surface area contributed by atoms with E-state index in [1.807, 2.05) is 43.3 Å². The van der Waals surface area contributed by atoms with Gasteiger partial charge in [-0.25, -0.2) is 4.98 Å². The van der Waals surface area contributed by atoms with Crippen molar-refractivity contribution in [3.05, 3.63) is 53.7 Å². The van der Waals surface area contributed by atoms with E-state index < -0.39 is 0 Å². The summed E-state index contributed by atoms with van der Waals surface area (Å²) in [6, 6.07) is 11.2. The molecule has 2 N–H and O–H groups in total. The normalized spacial score (nSPS) is 17.6. The molecule has 0 radical (unpaired) electrons. The fourth-order valence-electron chi connectivity index (χ4n) is 2.07. The second-order valence-electron chi connectivity index (χ2n) is 4.39. The summed E-state index contributed by atoms with van der Waals surface area (Å²) in [5, 5.41) is 6.05. The number of aryl methyl sites for hydroxylation is 1. The number of anilines is 2. The summed E-state index contributed by atoms with van der Waals surface area (Å²) in [7, 11) is 0. The summed E-state index contributed by atoms with van der Waals surface area (Å²) in [6.07, 6.45) is 1.78. The highest BCUT2D eigenvalue weighted by atomic mass is 16.2. The SMILES string of the molecule is Cc1cnc2c(c1)NC(=O)C(c1ccccc1)N2. The number of nitrogens with one attached hydrogen (secondary N) is 2. The van der Waals surface area contributed by atoms with Crippen molar-refractivity contribution >= 4 is 17.4 Å². The van der Waals surface area contributed by atoms with Crippen LogP contribution in [0.4, 0.5) is 11.5 Å². The van der Waals surface area contributed by atoms with Gasteiger partial charge in [-0.3, -0.25) is 4.79 Å². The van der Waals surface area contributed by atoms with Crippen molar-refractivity contribution in [3.8, 4) is 0 Å². The molecule has 1 aromatic heterocycles. The third-order valence-corrected chi connectivity index (χ3v) is 2.96. The van der Waals surface area contributed by atoms with Gasteiger partial charge in [-0.15, -0.1) is 0 Å². The molecule has 1 atom stereocenters. The number of fused-ring (bicyclic) bond motifs is 1. The first kappa shape index (κ1) is 10.8. The van der Waals surface area contributed by atoms with Crippen LogP contribution in [0.1, 0.15) is 17.2 Å². The molecule has 2 aromatic rings. The van der Waals surface area contributed by atoms with Crippen LogP contribution in [0.25, 0.3) is 0 Å². The number of rotatable bonds is 1. The number of carbonyl (C=O) groups is 1. The van der Waals surface area contributed by atoms with Gasteiger partial charge in [-0.2, -0.15) is 0 Å². The minimum atomic E-state index is -0.381. The highest BCUT2D eigenvalue weighted by Gasteiger charge is 2.27. The third-order valence-electron chi connectivity index (χ3n) is 2.96. The maximum absolute atomic E-state index is 12.1. The Labute approximate surface area is 105 Å². The van der Waals surface area contributed by atoms with E-state index in [0.717, 1.165) is 16.8 Å². The van der Waals surface area contributed by atoms with Crippen molar-refractivity contribution in [2.24, 2.45) is 0 Å². The highest BCUT2D eigenvalue weighted by Crippen LogP contribution is 2.30. The minimum absolute atomic E-state index is 0.0545. The predicted molar refractivity (Wildman–Crippen MR) is 70.4 cm³/mol. The van der Waals surface area contributed by atoms with Gasteiger partial charge >= 0.3 is 0 Å². The Kier molecular flexibility index (Phi) is 2.48. The largest absolute Gasteiger partial charge is 0.353 e. The molecule has 0 fully saturated rings. The molecule has 0 aliphatic carbocycles. The molecule has 0 saturated heterocycles. The lowest BCUT2D eigenvalue weighted by Gasteiger charge is -2.26. The van der Waals surface area contributed by atoms with Crippen LogP contribution < -0.4 is 10.6 Å². The molecule has 1 unspecified atom stereocenters. The Morgan fingerprint density at radius 2 is 2.00 bits per heavy atom. The molecule has 1 aromatic carbocycles. The Morgan fingerprint density at radius 1 is 1.22 bits per heavy atom. The van der Waals surface area contributed by atoms with Crippen LogP contribution in [-0.4, -0.2) is 10.9 Å². The number of hydrogen-bond donors (Lipinski definition) is 2. The summed E-state index contributed by atoms with van der Waals surface area (Å²) < 4.78 is 0. The minimum Gasteiger partial charge on any atom is -0.353 e. The second-order valence-corrected chi connectivity index (χ2v) is 4.39. The molecule has 1 amide bonds. The third kappa shape index (κ3) is 1.82. The first-order valence-electron chi connectivity index (χ1n) is 5.83. The number of nitrogens with zero attached hydrogens (tertiary/aromatic N) is 1. The quantitative estimate of drug-likeness (QED) is 0.804. The van der Waals surface area contributed by atoms with E-state index in [-0.39, 0.29) is 11.9 Å². The standard InChI is InChI=1S/C14H13N3O/c1-9-7-11-13(15-8-9)17-12(14(18)16-11)10-5-3-2-4-6-10/h2-8,12H,1H3,(H,15,17)(H,16,18). The fraction of sp³-hybridized carbons (Fsp3) is 0.143. The smallest absolute Gasteiger partial charge is 0.251 e. The number of pyridine rings is 1. The number of aromatic nitrogens is 1. The van der Waals surface area contributed by atoms with Crippen molar-refractivity contribution in [1.29, 1.82) is 0 Å². The number of carbonyl (C=O) groups excluding carboxylic acids is 1. The van der Waals surface area contributed by atoms with Crippen molar-refractivity contribution in [3.63, 3.8) is 0 Å². The van der Waals surface area contributed by atoms with Gasteiger partial charge in [0.05, 0.1) is 5.69 Å². The van der Waals surface area contributed by atoms with Crippen LogP contribution in [0.3, 0.4) is 0 Å². The first-order chi connectivity index (χ1) is 8.74. The van der Waals surface area contributed by atoms with Gasteiger partial charge in [0.2, 0.25) is 0 Å². The molecule has 4 nitrogen and oxygen atoms in total. The maximum atomic E-state index is 12.1. The summed E-state index contributed by atoms with van der Waals surface area (Å²) >= 11 is 0. The fourth-order valence-corrected chi connectivity index (χ4v) is 2.07. The molecule has 0 spiro atoms. The van der Waals surface area contributed by atoms with Crippen molar-refractivity contribution in [2.45, 2.75) is 13.0 Å². The Hall–Kier alpha value is -2.36. The van der Waals surface area contributed by atoms with Crippen molar-refractivity contribution in [1.82, 2.24) is 4.98 Å². The van der Waals surface area contributed by atoms with E-state index in [2.05, 4.69) is 15.6 Å². The maximum Gasteiger partial charge on any atom is 0.251 e. The second kappa shape index (κ2) is 4.14. The molecule has 1 aliphatic heterocycles. The van der Waals surface area contributed by atoms with Crippen LogP contribution in [0.5, 0.6) is 0 Å². The molecular formula is C14H13N3O. The molecule has 1 aliphatic rings. The van der Waals surface area contributed by atoms with Gasteiger partial charge in [0.25, 0.3) is 5.91 Å².